The molecule has 0 saturated carbocycles. The van der Waals surface area contributed by atoms with Crippen LogP contribution >= 0.6 is 0 Å². The molecule has 1 aromatic rings. The summed E-state index contributed by atoms with van der Waals surface area (Å²) in [6.07, 6.45) is -2.47. The zero-order chi connectivity index (χ0) is 14.6. The summed E-state index contributed by atoms with van der Waals surface area (Å²) in [5.74, 6) is -1.69. The summed E-state index contributed by atoms with van der Waals surface area (Å²) >= 11 is 0. The van der Waals surface area contributed by atoms with Gasteiger partial charge in [-0.1, -0.05) is 0 Å². The molecule has 1 aromatic heterocycles. The highest BCUT2D eigenvalue weighted by molar-refractivity contribution is 5.92. The first kappa shape index (κ1) is 14.7. The molecular formula is C10H10F2N2O5. The van der Waals surface area contributed by atoms with Gasteiger partial charge >= 0.3 is 11.7 Å². The predicted octanol–water partition coefficient (Wildman–Crippen LogP) is 2.11. The number of halogens is 2. The number of alkyl halides is 2. The molecule has 0 atom stereocenters. The molecule has 0 aliphatic rings. The van der Waals surface area contributed by atoms with Crippen LogP contribution in [0.1, 0.15) is 29.3 Å². The highest BCUT2D eigenvalue weighted by Crippen LogP contribution is 2.37. The van der Waals surface area contributed by atoms with E-state index in [1.54, 1.807) is 0 Å². The first-order valence-electron chi connectivity index (χ1n) is 5.10. The molecule has 0 spiro atoms. The number of ether oxygens (including phenoxy) is 2. The predicted molar refractivity (Wildman–Crippen MR) is 58.4 cm³/mol. The Bertz CT molecular complexity index is 507. The Morgan fingerprint density at radius 2 is 2.21 bits per heavy atom. The van der Waals surface area contributed by atoms with E-state index in [4.69, 9.17) is 0 Å². The first-order valence-corrected chi connectivity index (χ1v) is 5.10. The molecule has 0 N–H and O–H groups in total. The molecule has 9 heteroatoms. The summed E-state index contributed by atoms with van der Waals surface area (Å²) < 4.78 is 35.0. The molecule has 1 heterocycles. The van der Waals surface area contributed by atoms with Crippen LogP contribution in [0.3, 0.4) is 0 Å². The fraction of sp³-hybridized carbons (Fsp3) is 0.400. The molecular weight excluding hydrogens is 266 g/mol. The van der Waals surface area contributed by atoms with Gasteiger partial charge in [-0.2, -0.15) is 0 Å². The van der Waals surface area contributed by atoms with Gasteiger partial charge in [0.1, 0.15) is 5.56 Å². The van der Waals surface area contributed by atoms with Gasteiger partial charge < -0.3 is 9.47 Å². The number of aromatic nitrogens is 1. The molecule has 0 unspecified atom stereocenters. The van der Waals surface area contributed by atoms with E-state index in [-0.39, 0.29) is 6.61 Å². The lowest BCUT2D eigenvalue weighted by atomic mass is 10.1. The maximum atomic E-state index is 13.0. The third kappa shape index (κ3) is 2.92. The molecule has 0 bridgehead atoms. The van der Waals surface area contributed by atoms with Crippen LogP contribution in [0.4, 0.5) is 14.5 Å². The number of hydrogen-bond donors (Lipinski definition) is 0. The minimum Gasteiger partial charge on any atom is -0.476 e. The fourth-order valence-electron chi connectivity index (χ4n) is 1.41. The van der Waals surface area contributed by atoms with Crippen LogP contribution in [0, 0.1) is 10.1 Å². The maximum Gasteiger partial charge on any atom is 0.340 e. The van der Waals surface area contributed by atoms with Crippen LogP contribution in [0.15, 0.2) is 6.20 Å². The van der Waals surface area contributed by atoms with Gasteiger partial charge in [0, 0.05) is 6.20 Å². The van der Waals surface area contributed by atoms with E-state index in [0.29, 0.717) is 0 Å². The summed E-state index contributed by atoms with van der Waals surface area (Å²) in [7, 11) is 1.05. The number of carbonyl (C=O) groups is 1. The SMILES string of the molecule is CCOC(=O)c1cnc(OC)c([N+](=O)[O-])c1C(F)F. The van der Waals surface area contributed by atoms with Crippen molar-refractivity contribution in [1.29, 1.82) is 0 Å². The van der Waals surface area contributed by atoms with Crippen LogP contribution in [0.5, 0.6) is 5.88 Å². The zero-order valence-electron chi connectivity index (χ0n) is 10.1. The Hall–Kier alpha value is -2.32. The number of nitro groups is 1. The Kier molecular flexibility index (Phi) is 4.67. The van der Waals surface area contributed by atoms with Crippen LogP contribution < -0.4 is 4.74 Å². The second-order valence-corrected chi connectivity index (χ2v) is 3.22. The average molecular weight is 276 g/mol. The molecule has 0 saturated heterocycles. The van der Waals surface area contributed by atoms with Gasteiger partial charge in [0.2, 0.25) is 0 Å². The van der Waals surface area contributed by atoms with Crippen LogP contribution in [-0.4, -0.2) is 29.6 Å². The summed E-state index contributed by atoms with van der Waals surface area (Å²) in [5.41, 5.74) is -2.75. The first-order chi connectivity index (χ1) is 8.93. The molecule has 0 aliphatic carbocycles. The third-order valence-electron chi connectivity index (χ3n) is 2.15. The van der Waals surface area contributed by atoms with E-state index in [1.807, 2.05) is 0 Å². The second-order valence-electron chi connectivity index (χ2n) is 3.22. The summed E-state index contributed by atoms with van der Waals surface area (Å²) in [5, 5.41) is 10.8. The van der Waals surface area contributed by atoms with Crippen molar-refractivity contribution in [2.75, 3.05) is 13.7 Å². The third-order valence-corrected chi connectivity index (χ3v) is 2.15. The van der Waals surface area contributed by atoms with Gasteiger partial charge in [-0.15, -0.1) is 0 Å². The summed E-state index contributed by atoms with van der Waals surface area (Å²) in [4.78, 5) is 24.7. The van der Waals surface area contributed by atoms with Crippen molar-refractivity contribution in [2.45, 2.75) is 13.3 Å². The Labute approximate surface area is 106 Å². The van der Waals surface area contributed by atoms with E-state index in [2.05, 4.69) is 14.5 Å². The van der Waals surface area contributed by atoms with Gasteiger partial charge in [-0.3, -0.25) is 10.1 Å². The molecule has 104 valence electrons. The summed E-state index contributed by atoms with van der Waals surface area (Å²) in [6.45, 7) is 1.42. The van der Waals surface area contributed by atoms with E-state index in [1.165, 1.54) is 6.92 Å². The number of esters is 1. The quantitative estimate of drug-likeness (QED) is 0.464. The van der Waals surface area contributed by atoms with Crippen LogP contribution in [0.2, 0.25) is 0 Å². The van der Waals surface area contributed by atoms with Crippen LogP contribution in [-0.2, 0) is 4.74 Å². The lowest BCUT2D eigenvalue weighted by Crippen LogP contribution is -2.12. The van der Waals surface area contributed by atoms with E-state index >= 15 is 0 Å². The molecule has 0 radical (unpaired) electrons. The van der Waals surface area contributed by atoms with Crippen molar-refractivity contribution >= 4 is 11.7 Å². The minimum atomic E-state index is -3.24. The largest absolute Gasteiger partial charge is 0.476 e. The molecule has 1 rings (SSSR count). The molecule has 0 amide bonds. The lowest BCUT2D eigenvalue weighted by Gasteiger charge is -2.10. The Morgan fingerprint density at radius 3 is 2.63 bits per heavy atom. The van der Waals surface area contributed by atoms with E-state index < -0.39 is 40.0 Å². The van der Waals surface area contributed by atoms with Gasteiger partial charge in [0.05, 0.1) is 24.2 Å². The van der Waals surface area contributed by atoms with Crippen molar-refractivity contribution in [3.05, 3.63) is 27.4 Å². The molecule has 7 nitrogen and oxygen atoms in total. The van der Waals surface area contributed by atoms with Gasteiger partial charge in [0.25, 0.3) is 12.3 Å². The van der Waals surface area contributed by atoms with Gasteiger partial charge in [0.15, 0.2) is 0 Å². The number of nitrogens with zero attached hydrogens (tertiary/aromatic N) is 2. The summed E-state index contributed by atoms with van der Waals surface area (Å²) in [6, 6.07) is 0. The van der Waals surface area contributed by atoms with Crippen molar-refractivity contribution in [3.8, 4) is 5.88 Å². The van der Waals surface area contributed by atoms with E-state index in [9.17, 15) is 23.7 Å². The number of hydrogen-bond acceptors (Lipinski definition) is 6. The lowest BCUT2D eigenvalue weighted by molar-refractivity contribution is -0.387. The number of rotatable bonds is 5. The van der Waals surface area contributed by atoms with Crippen molar-refractivity contribution in [2.24, 2.45) is 0 Å². The molecule has 0 fully saturated rings. The Balaban J connectivity index is 3.53. The standard InChI is InChI=1S/C10H10F2N2O5/c1-3-19-10(15)5-4-13-9(18-2)7(14(16)17)6(5)8(11)12/h4,8H,3H2,1-2H3. The highest BCUT2D eigenvalue weighted by Gasteiger charge is 2.34. The van der Waals surface area contributed by atoms with E-state index in [0.717, 1.165) is 13.3 Å². The van der Waals surface area contributed by atoms with Crippen molar-refractivity contribution in [1.82, 2.24) is 4.98 Å². The number of pyridine rings is 1. The van der Waals surface area contributed by atoms with Gasteiger partial charge in [-0.25, -0.2) is 18.6 Å². The maximum absolute atomic E-state index is 13.0. The number of methoxy groups -OCH3 is 1. The average Bonchev–Trinajstić information content (AvgIpc) is 2.36. The molecule has 19 heavy (non-hydrogen) atoms. The Morgan fingerprint density at radius 1 is 1.58 bits per heavy atom. The molecule has 0 aromatic carbocycles. The van der Waals surface area contributed by atoms with Crippen LogP contribution in [0.25, 0.3) is 0 Å². The topological polar surface area (TPSA) is 91.6 Å². The fourth-order valence-corrected chi connectivity index (χ4v) is 1.41. The van der Waals surface area contributed by atoms with Crippen molar-refractivity contribution in [3.63, 3.8) is 0 Å². The van der Waals surface area contributed by atoms with Crippen molar-refractivity contribution < 1.29 is 28.0 Å². The zero-order valence-corrected chi connectivity index (χ0v) is 10.1. The molecule has 0 aliphatic heterocycles. The van der Waals surface area contributed by atoms with Gasteiger partial charge in [-0.05, 0) is 6.92 Å². The minimum absolute atomic E-state index is 0.0542. The normalized spacial score (nSPS) is 10.4. The monoisotopic (exact) mass is 276 g/mol. The smallest absolute Gasteiger partial charge is 0.340 e. The second kappa shape index (κ2) is 6.03. The highest BCUT2D eigenvalue weighted by atomic mass is 19.3. The number of carbonyl (C=O) groups excluding carboxylic acids is 1.